The van der Waals surface area contributed by atoms with Crippen LogP contribution in [0, 0.1) is 0 Å². The SMILES string of the molecule is CN(Cc1ccc(-c2cnn(C)c2)s1)C1CCNCC1. The van der Waals surface area contributed by atoms with Gasteiger partial charge in [-0.15, -0.1) is 11.3 Å². The fraction of sp³-hybridized carbons (Fsp3) is 0.533. The van der Waals surface area contributed by atoms with Gasteiger partial charge in [-0.1, -0.05) is 0 Å². The first-order valence-corrected chi connectivity index (χ1v) is 8.03. The maximum absolute atomic E-state index is 4.24. The first-order valence-electron chi connectivity index (χ1n) is 7.21. The summed E-state index contributed by atoms with van der Waals surface area (Å²) >= 11 is 1.88. The third-order valence-corrected chi connectivity index (χ3v) is 5.11. The second kappa shape index (κ2) is 6.08. The first-order chi connectivity index (χ1) is 9.72. The maximum Gasteiger partial charge on any atom is 0.0576 e. The van der Waals surface area contributed by atoms with Crippen molar-refractivity contribution in [3.8, 4) is 10.4 Å². The number of aromatic nitrogens is 2. The number of piperidine rings is 1. The molecule has 3 rings (SSSR count). The molecule has 1 aliphatic rings. The van der Waals surface area contributed by atoms with Crippen molar-refractivity contribution >= 4 is 11.3 Å². The van der Waals surface area contributed by atoms with Crippen LogP contribution in [0.5, 0.6) is 0 Å². The van der Waals surface area contributed by atoms with E-state index in [-0.39, 0.29) is 0 Å². The van der Waals surface area contributed by atoms with E-state index < -0.39 is 0 Å². The van der Waals surface area contributed by atoms with Crippen molar-refractivity contribution in [3.63, 3.8) is 0 Å². The smallest absolute Gasteiger partial charge is 0.0576 e. The molecule has 0 atom stereocenters. The summed E-state index contributed by atoms with van der Waals surface area (Å²) in [6, 6.07) is 5.19. The van der Waals surface area contributed by atoms with Crippen LogP contribution in [-0.4, -0.2) is 40.9 Å². The predicted molar refractivity (Wildman–Crippen MR) is 83.9 cm³/mol. The molecule has 0 bridgehead atoms. The van der Waals surface area contributed by atoms with Gasteiger partial charge >= 0.3 is 0 Å². The van der Waals surface area contributed by atoms with Gasteiger partial charge in [0.15, 0.2) is 0 Å². The van der Waals surface area contributed by atoms with Crippen molar-refractivity contribution < 1.29 is 0 Å². The van der Waals surface area contributed by atoms with Crippen LogP contribution in [-0.2, 0) is 13.6 Å². The first kappa shape index (κ1) is 13.8. The van der Waals surface area contributed by atoms with E-state index in [0.29, 0.717) is 0 Å². The highest BCUT2D eigenvalue weighted by molar-refractivity contribution is 7.15. The molecule has 0 saturated carbocycles. The lowest BCUT2D eigenvalue weighted by Crippen LogP contribution is -2.40. The highest BCUT2D eigenvalue weighted by atomic mass is 32.1. The molecular formula is C15H22N4S. The molecule has 0 radical (unpaired) electrons. The molecule has 4 nitrogen and oxygen atoms in total. The molecule has 0 aromatic carbocycles. The van der Waals surface area contributed by atoms with Gasteiger partial charge in [-0.05, 0) is 45.1 Å². The minimum absolute atomic E-state index is 0.722. The Bertz CT molecular complexity index is 554. The van der Waals surface area contributed by atoms with Gasteiger partial charge in [-0.2, -0.15) is 5.10 Å². The van der Waals surface area contributed by atoms with Gasteiger partial charge in [-0.3, -0.25) is 9.58 Å². The Hall–Kier alpha value is -1.17. The van der Waals surface area contributed by atoms with Crippen molar-refractivity contribution in [2.75, 3.05) is 20.1 Å². The summed E-state index contributed by atoms with van der Waals surface area (Å²) in [6.07, 6.45) is 6.53. The molecule has 1 aliphatic heterocycles. The highest BCUT2D eigenvalue weighted by Crippen LogP contribution is 2.28. The highest BCUT2D eigenvalue weighted by Gasteiger charge is 2.18. The zero-order valence-electron chi connectivity index (χ0n) is 12.2. The van der Waals surface area contributed by atoms with Crippen molar-refractivity contribution in [1.82, 2.24) is 20.0 Å². The van der Waals surface area contributed by atoms with Crippen LogP contribution in [0.2, 0.25) is 0 Å². The summed E-state index contributed by atoms with van der Waals surface area (Å²) in [6.45, 7) is 3.36. The molecule has 1 fully saturated rings. The Morgan fingerprint density at radius 1 is 1.40 bits per heavy atom. The Balaban J connectivity index is 1.64. The standard InChI is InChI=1S/C15H22N4S/c1-18(13-5-7-16-8-6-13)11-14-3-4-15(20-14)12-9-17-19(2)10-12/h3-4,9-10,13,16H,5-8,11H2,1-2H3. The van der Waals surface area contributed by atoms with Crippen LogP contribution in [0.15, 0.2) is 24.5 Å². The third-order valence-electron chi connectivity index (χ3n) is 3.99. The Kier molecular flexibility index (Phi) is 4.19. The summed E-state index contributed by atoms with van der Waals surface area (Å²) < 4.78 is 1.86. The van der Waals surface area contributed by atoms with Crippen LogP contribution >= 0.6 is 11.3 Å². The normalized spacial score (nSPS) is 16.9. The summed E-state index contributed by atoms with van der Waals surface area (Å²) in [5.74, 6) is 0. The van der Waals surface area contributed by atoms with Gasteiger partial charge in [0.05, 0.1) is 6.20 Å². The van der Waals surface area contributed by atoms with E-state index >= 15 is 0 Å². The monoisotopic (exact) mass is 290 g/mol. The van der Waals surface area contributed by atoms with Crippen LogP contribution in [0.3, 0.4) is 0 Å². The van der Waals surface area contributed by atoms with E-state index in [1.54, 1.807) is 0 Å². The van der Waals surface area contributed by atoms with Crippen LogP contribution in [0.1, 0.15) is 17.7 Å². The molecule has 2 aromatic heterocycles. The van der Waals surface area contributed by atoms with E-state index in [1.807, 2.05) is 29.3 Å². The fourth-order valence-electron chi connectivity index (χ4n) is 2.79. The average molecular weight is 290 g/mol. The molecule has 1 saturated heterocycles. The van der Waals surface area contributed by atoms with Gasteiger partial charge in [0.25, 0.3) is 0 Å². The lowest BCUT2D eigenvalue weighted by atomic mass is 10.1. The maximum atomic E-state index is 4.24. The largest absolute Gasteiger partial charge is 0.317 e. The second-order valence-electron chi connectivity index (χ2n) is 5.56. The number of nitrogens with zero attached hydrogens (tertiary/aromatic N) is 3. The molecule has 0 amide bonds. The lowest BCUT2D eigenvalue weighted by molar-refractivity contribution is 0.193. The number of hydrogen-bond acceptors (Lipinski definition) is 4. The Morgan fingerprint density at radius 2 is 2.20 bits per heavy atom. The molecule has 2 aromatic rings. The van der Waals surface area contributed by atoms with Crippen molar-refractivity contribution in [2.24, 2.45) is 7.05 Å². The number of nitrogens with one attached hydrogen (secondary N) is 1. The number of rotatable bonds is 4. The number of hydrogen-bond donors (Lipinski definition) is 1. The van der Waals surface area contributed by atoms with Gasteiger partial charge in [0, 0.05) is 41.1 Å². The predicted octanol–water partition coefficient (Wildman–Crippen LogP) is 2.33. The Labute approximate surface area is 124 Å². The van der Waals surface area contributed by atoms with Gasteiger partial charge in [-0.25, -0.2) is 0 Å². The van der Waals surface area contributed by atoms with E-state index in [9.17, 15) is 0 Å². The molecule has 108 valence electrons. The minimum atomic E-state index is 0.722. The molecule has 3 heterocycles. The summed E-state index contributed by atoms with van der Waals surface area (Å²) in [4.78, 5) is 5.25. The molecular weight excluding hydrogens is 268 g/mol. The molecule has 1 N–H and O–H groups in total. The van der Waals surface area contributed by atoms with Gasteiger partial charge in [0.1, 0.15) is 0 Å². The Morgan fingerprint density at radius 3 is 2.90 bits per heavy atom. The zero-order chi connectivity index (χ0) is 13.9. The number of thiophene rings is 1. The topological polar surface area (TPSA) is 33.1 Å². The van der Waals surface area contributed by atoms with Crippen molar-refractivity contribution in [3.05, 3.63) is 29.4 Å². The molecule has 0 unspecified atom stereocenters. The average Bonchev–Trinajstić information content (AvgIpc) is 3.09. The minimum Gasteiger partial charge on any atom is -0.317 e. The van der Waals surface area contributed by atoms with E-state index in [0.717, 1.165) is 25.7 Å². The van der Waals surface area contributed by atoms with Crippen molar-refractivity contribution in [1.29, 1.82) is 0 Å². The quantitative estimate of drug-likeness (QED) is 0.938. The van der Waals surface area contributed by atoms with Gasteiger partial charge in [0.2, 0.25) is 0 Å². The van der Waals surface area contributed by atoms with Gasteiger partial charge < -0.3 is 5.32 Å². The van der Waals surface area contributed by atoms with Crippen molar-refractivity contribution in [2.45, 2.75) is 25.4 Å². The second-order valence-corrected chi connectivity index (χ2v) is 6.73. The van der Waals surface area contributed by atoms with Crippen LogP contribution < -0.4 is 5.32 Å². The summed E-state index contributed by atoms with van der Waals surface area (Å²) in [5.41, 5.74) is 1.22. The lowest BCUT2D eigenvalue weighted by Gasteiger charge is -2.31. The zero-order valence-corrected chi connectivity index (χ0v) is 13.0. The van der Waals surface area contributed by atoms with E-state index in [4.69, 9.17) is 0 Å². The van der Waals surface area contributed by atoms with E-state index in [1.165, 1.54) is 28.2 Å². The molecule has 0 spiro atoms. The molecule has 0 aliphatic carbocycles. The molecule has 20 heavy (non-hydrogen) atoms. The number of aryl methyl sites for hydroxylation is 1. The third kappa shape index (κ3) is 3.11. The van der Waals surface area contributed by atoms with Crippen LogP contribution in [0.25, 0.3) is 10.4 Å². The van der Waals surface area contributed by atoms with E-state index in [2.05, 4.69) is 40.7 Å². The fourth-order valence-corrected chi connectivity index (χ4v) is 3.83. The van der Waals surface area contributed by atoms with Crippen LogP contribution in [0.4, 0.5) is 0 Å². The summed E-state index contributed by atoms with van der Waals surface area (Å²) in [7, 11) is 4.21. The molecule has 5 heteroatoms. The summed E-state index contributed by atoms with van der Waals surface area (Å²) in [5, 5.41) is 7.67.